The molecule has 1 fully saturated rings. The molecule has 31 heavy (non-hydrogen) atoms. The Morgan fingerprint density at radius 2 is 1.90 bits per heavy atom. The molecule has 2 N–H and O–H groups in total. The minimum atomic E-state index is -5.20. The molecule has 0 unspecified atom stereocenters. The maximum absolute atomic E-state index is 13.9. The van der Waals surface area contributed by atoms with Crippen LogP contribution < -0.4 is 5.32 Å². The van der Waals surface area contributed by atoms with Crippen molar-refractivity contribution in [3.05, 3.63) is 35.4 Å². The van der Waals surface area contributed by atoms with Crippen molar-refractivity contribution in [2.45, 2.75) is 49.9 Å². The van der Waals surface area contributed by atoms with Gasteiger partial charge in [-0.15, -0.1) is 11.6 Å². The lowest BCUT2D eigenvalue weighted by Gasteiger charge is -2.29. The van der Waals surface area contributed by atoms with E-state index in [4.69, 9.17) is 11.6 Å². The zero-order valence-electron chi connectivity index (χ0n) is 15.9. The molecule has 1 saturated carbocycles. The zero-order chi connectivity index (χ0) is 23.0. The van der Waals surface area contributed by atoms with Gasteiger partial charge in [0.25, 0.3) is 5.91 Å². The van der Waals surface area contributed by atoms with Gasteiger partial charge in [-0.1, -0.05) is 5.16 Å². The van der Waals surface area contributed by atoms with Crippen LogP contribution in [0.2, 0.25) is 0 Å². The summed E-state index contributed by atoms with van der Waals surface area (Å²) in [5.74, 6) is -4.69. The van der Waals surface area contributed by atoms with Crippen molar-refractivity contribution in [1.82, 2.24) is 5.32 Å². The van der Waals surface area contributed by atoms with Crippen LogP contribution in [0.1, 0.15) is 37.7 Å². The lowest BCUT2D eigenvalue weighted by atomic mass is 9.83. The van der Waals surface area contributed by atoms with Crippen molar-refractivity contribution in [3.63, 3.8) is 0 Å². The van der Waals surface area contributed by atoms with Gasteiger partial charge in [-0.05, 0) is 37.8 Å². The minimum absolute atomic E-state index is 0.0456. The van der Waals surface area contributed by atoms with E-state index in [9.17, 15) is 36.6 Å². The molecule has 1 aliphatic carbocycles. The molecule has 1 aromatic rings. The number of carbonyl (C=O) groups is 2. The second-order valence-corrected chi connectivity index (χ2v) is 8.10. The third-order valence-electron chi connectivity index (χ3n) is 5.72. The molecule has 1 aliphatic heterocycles. The highest BCUT2D eigenvalue weighted by Gasteiger charge is 2.67. The van der Waals surface area contributed by atoms with Crippen molar-refractivity contribution in [2.24, 2.45) is 10.6 Å². The van der Waals surface area contributed by atoms with E-state index in [1.54, 1.807) is 0 Å². The maximum atomic E-state index is 13.9. The average molecular weight is 469 g/mol. The van der Waals surface area contributed by atoms with Crippen LogP contribution in [0.3, 0.4) is 0 Å². The minimum Gasteiger partial charge on any atom is -0.481 e. The van der Waals surface area contributed by atoms with Crippen LogP contribution in [-0.2, 0) is 14.4 Å². The maximum Gasteiger partial charge on any atom is 0.440 e. The molecule has 0 radical (unpaired) electrons. The molecule has 12 heteroatoms. The molecule has 0 spiro atoms. The van der Waals surface area contributed by atoms with Crippen LogP contribution in [0.15, 0.2) is 23.4 Å². The molecule has 2 aliphatic rings. The topological polar surface area (TPSA) is 88.0 Å². The van der Waals surface area contributed by atoms with E-state index in [2.05, 4.69) is 15.3 Å². The summed E-state index contributed by atoms with van der Waals surface area (Å²) in [6.07, 6.45) is -5.99. The predicted octanol–water partition coefficient (Wildman–Crippen LogP) is 3.76. The summed E-state index contributed by atoms with van der Waals surface area (Å²) in [5, 5.41) is 15.0. The largest absolute Gasteiger partial charge is 0.481 e. The molecular weight excluding hydrogens is 451 g/mol. The third kappa shape index (κ3) is 4.32. The molecule has 0 aromatic heterocycles. The number of alkyl halides is 4. The fourth-order valence-corrected chi connectivity index (χ4v) is 4.33. The number of oxime groups is 1. The number of hydrogen-bond donors (Lipinski definition) is 2. The first-order valence-corrected chi connectivity index (χ1v) is 9.84. The average Bonchev–Trinajstić information content (AvgIpc) is 3.27. The highest BCUT2D eigenvalue weighted by molar-refractivity contribution is 6.18. The first-order chi connectivity index (χ1) is 14.4. The number of aliphatic carboxylic acids is 1. The summed E-state index contributed by atoms with van der Waals surface area (Å²) >= 11 is 5.66. The Morgan fingerprint density at radius 3 is 2.45 bits per heavy atom. The number of carboxylic acids is 1. The normalized spacial score (nSPS) is 28.2. The third-order valence-corrected chi connectivity index (χ3v) is 5.91. The van der Waals surface area contributed by atoms with Gasteiger partial charge in [-0.25, -0.2) is 8.78 Å². The molecule has 1 aromatic carbocycles. The molecule has 0 bridgehead atoms. The Labute approximate surface area is 178 Å². The Balaban J connectivity index is 1.80. The fraction of sp³-hybridized carbons (Fsp3) is 0.526. The zero-order valence-corrected chi connectivity index (χ0v) is 16.7. The van der Waals surface area contributed by atoms with Crippen molar-refractivity contribution >= 4 is 29.2 Å². The highest BCUT2D eigenvalue weighted by atomic mass is 35.5. The summed E-state index contributed by atoms with van der Waals surface area (Å²) in [6, 6.07) is 1.25. The van der Waals surface area contributed by atoms with Gasteiger partial charge in [0.2, 0.25) is 0 Å². The van der Waals surface area contributed by atoms with E-state index in [1.165, 1.54) is 0 Å². The standard InChI is InChI=1S/C19H18ClF5N2O4/c20-4-3-17(16(29)30)2-1-13(8-17)26-15(28)18(19(23,24)25)9-14(27-31-18)10-5-11(21)7-12(22)6-10/h5-7,13H,1-4,8-9H2,(H,26,28)(H,29,30)/t13-,17-,18+/m0/s1. The second-order valence-electron chi connectivity index (χ2n) is 7.73. The Kier molecular flexibility index (Phi) is 6.18. The lowest BCUT2D eigenvalue weighted by molar-refractivity contribution is -0.259. The number of halogens is 6. The number of amides is 1. The number of hydrogen-bond acceptors (Lipinski definition) is 4. The highest BCUT2D eigenvalue weighted by Crippen LogP contribution is 2.44. The Hall–Kier alpha value is -2.43. The van der Waals surface area contributed by atoms with Gasteiger partial charge in [-0.2, -0.15) is 13.2 Å². The number of rotatable bonds is 6. The van der Waals surface area contributed by atoms with Crippen molar-refractivity contribution in [1.29, 1.82) is 0 Å². The number of benzene rings is 1. The van der Waals surface area contributed by atoms with Gasteiger partial charge in [0.15, 0.2) is 0 Å². The molecule has 3 rings (SSSR count). The number of nitrogens with one attached hydrogen (secondary N) is 1. The number of carboxylic acid groups (broad SMARTS) is 1. The molecule has 1 amide bonds. The van der Waals surface area contributed by atoms with Gasteiger partial charge in [0, 0.05) is 23.6 Å². The van der Waals surface area contributed by atoms with Gasteiger partial charge in [0.05, 0.1) is 17.5 Å². The van der Waals surface area contributed by atoms with Gasteiger partial charge in [-0.3, -0.25) is 9.59 Å². The van der Waals surface area contributed by atoms with Crippen LogP contribution >= 0.6 is 11.6 Å². The number of nitrogens with zero attached hydrogens (tertiary/aromatic N) is 1. The van der Waals surface area contributed by atoms with E-state index >= 15 is 0 Å². The molecular formula is C19H18ClF5N2O4. The van der Waals surface area contributed by atoms with Crippen LogP contribution in [-0.4, -0.2) is 46.4 Å². The molecule has 1 heterocycles. The van der Waals surface area contributed by atoms with Gasteiger partial charge >= 0.3 is 17.7 Å². The molecule has 0 saturated heterocycles. The summed E-state index contributed by atoms with van der Waals surface area (Å²) in [4.78, 5) is 28.8. The number of carbonyl (C=O) groups excluding carboxylic acids is 1. The summed E-state index contributed by atoms with van der Waals surface area (Å²) in [6.45, 7) is 0. The Bertz CT molecular complexity index is 905. The SMILES string of the molecule is O=C(O)[C@]1(CCCl)CC[C@H](NC(=O)[C@@]2(C(F)(F)F)CC(c3cc(F)cc(F)c3)=NO2)C1. The lowest BCUT2D eigenvalue weighted by Crippen LogP contribution is -2.58. The smallest absolute Gasteiger partial charge is 0.440 e. The van der Waals surface area contributed by atoms with Crippen molar-refractivity contribution < 1.29 is 41.5 Å². The molecule has 3 atom stereocenters. The summed E-state index contributed by atoms with van der Waals surface area (Å²) in [7, 11) is 0. The fourth-order valence-electron chi connectivity index (χ4n) is 3.97. The van der Waals surface area contributed by atoms with E-state index in [0.717, 1.165) is 12.1 Å². The van der Waals surface area contributed by atoms with Gasteiger partial charge < -0.3 is 15.3 Å². The quantitative estimate of drug-likeness (QED) is 0.491. The van der Waals surface area contributed by atoms with E-state index in [1.807, 2.05) is 0 Å². The molecule has 6 nitrogen and oxygen atoms in total. The first kappa shape index (κ1) is 23.2. The van der Waals surface area contributed by atoms with Crippen LogP contribution in [0.4, 0.5) is 22.0 Å². The van der Waals surface area contributed by atoms with E-state index < -0.39 is 58.9 Å². The first-order valence-electron chi connectivity index (χ1n) is 9.31. The summed E-state index contributed by atoms with van der Waals surface area (Å²) in [5.41, 5.74) is -5.36. The van der Waals surface area contributed by atoms with Crippen molar-refractivity contribution in [3.8, 4) is 0 Å². The van der Waals surface area contributed by atoms with E-state index in [-0.39, 0.29) is 37.1 Å². The van der Waals surface area contributed by atoms with Gasteiger partial charge in [0.1, 0.15) is 11.6 Å². The second kappa shape index (κ2) is 8.25. The Morgan fingerprint density at radius 1 is 1.26 bits per heavy atom. The van der Waals surface area contributed by atoms with Crippen molar-refractivity contribution in [2.75, 3.05) is 5.88 Å². The summed E-state index contributed by atoms with van der Waals surface area (Å²) < 4.78 is 68.5. The van der Waals surface area contributed by atoms with Crippen LogP contribution in [0, 0.1) is 17.0 Å². The molecule has 170 valence electrons. The predicted molar refractivity (Wildman–Crippen MR) is 98.6 cm³/mol. The van der Waals surface area contributed by atoms with E-state index in [0.29, 0.717) is 6.07 Å². The van der Waals surface area contributed by atoms with Crippen LogP contribution in [0.5, 0.6) is 0 Å². The monoisotopic (exact) mass is 468 g/mol. The van der Waals surface area contributed by atoms with Crippen LogP contribution in [0.25, 0.3) is 0 Å².